The van der Waals surface area contributed by atoms with Gasteiger partial charge in [-0.15, -0.1) is 0 Å². The highest BCUT2D eigenvalue weighted by molar-refractivity contribution is 6.45. The summed E-state index contributed by atoms with van der Waals surface area (Å²) >= 11 is 0. The molecule has 4 N–H and O–H groups in total. The highest BCUT2D eigenvalue weighted by atomic mass is 16.7. The third-order valence-corrected chi connectivity index (χ3v) is 5.62. The van der Waals surface area contributed by atoms with Crippen LogP contribution >= 0.6 is 0 Å². The maximum Gasteiger partial charge on any atom is 0.457 e. The SMILES string of the molecule is CC(=O)N[C@@]1(C(N)=O)CNCC1CCCB1OC(C)(C)C(C)(C)O1. The van der Waals surface area contributed by atoms with E-state index < -0.39 is 11.4 Å². The van der Waals surface area contributed by atoms with E-state index in [1.54, 1.807) is 0 Å². The molecule has 2 atom stereocenters. The molecule has 2 fully saturated rings. The molecule has 2 heterocycles. The van der Waals surface area contributed by atoms with Gasteiger partial charge < -0.3 is 25.7 Å². The largest absolute Gasteiger partial charge is 0.457 e. The van der Waals surface area contributed by atoms with Gasteiger partial charge in [0.2, 0.25) is 11.8 Å². The van der Waals surface area contributed by atoms with Crippen molar-refractivity contribution in [3.05, 3.63) is 0 Å². The van der Waals surface area contributed by atoms with Gasteiger partial charge in [0.1, 0.15) is 5.54 Å². The third kappa shape index (κ3) is 3.60. The van der Waals surface area contributed by atoms with E-state index in [-0.39, 0.29) is 30.1 Å². The van der Waals surface area contributed by atoms with Crippen molar-refractivity contribution in [3.8, 4) is 0 Å². The van der Waals surface area contributed by atoms with Gasteiger partial charge in [0, 0.05) is 25.9 Å². The first-order chi connectivity index (χ1) is 11.0. The molecule has 2 saturated heterocycles. The first kappa shape index (κ1) is 19.2. The molecule has 8 heteroatoms. The number of nitrogens with one attached hydrogen (secondary N) is 2. The Bertz CT molecular complexity index is 496. The van der Waals surface area contributed by atoms with E-state index in [1.165, 1.54) is 6.92 Å². The van der Waals surface area contributed by atoms with Crippen molar-refractivity contribution < 1.29 is 18.9 Å². The standard InChI is InChI=1S/C16H30BN3O4/c1-11(21)20-16(13(18)22)10-19-9-12(16)7-6-8-17-23-14(2,3)15(4,5)24-17/h12,19H,6-10H2,1-5H3,(H2,18,22)(H,20,21)/t12?,16-/m0/s1. The molecule has 2 aliphatic rings. The van der Waals surface area contributed by atoms with Crippen LogP contribution in [0.4, 0.5) is 0 Å². The number of hydrogen-bond donors (Lipinski definition) is 3. The average molecular weight is 339 g/mol. The predicted molar refractivity (Wildman–Crippen MR) is 92.2 cm³/mol. The Morgan fingerprint density at radius 2 is 1.83 bits per heavy atom. The number of carbonyl (C=O) groups excluding carboxylic acids is 2. The van der Waals surface area contributed by atoms with E-state index in [2.05, 4.69) is 10.6 Å². The second kappa shape index (κ2) is 6.65. The van der Waals surface area contributed by atoms with Crippen LogP contribution in [0.5, 0.6) is 0 Å². The molecule has 2 rings (SSSR count). The normalized spacial score (nSPS) is 31.2. The highest BCUT2D eigenvalue weighted by Crippen LogP contribution is 2.38. The minimum absolute atomic E-state index is 0.0266. The summed E-state index contributed by atoms with van der Waals surface area (Å²) in [4.78, 5) is 23.5. The smallest absolute Gasteiger partial charge is 0.403 e. The molecule has 0 spiro atoms. The number of rotatable bonds is 6. The Kier molecular flexibility index (Phi) is 5.32. The molecule has 0 aromatic heterocycles. The van der Waals surface area contributed by atoms with Crippen molar-refractivity contribution in [1.29, 1.82) is 0 Å². The summed E-state index contributed by atoms with van der Waals surface area (Å²) < 4.78 is 12.0. The minimum Gasteiger partial charge on any atom is -0.403 e. The van der Waals surface area contributed by atoms with Crippen molar-refractivity contribution in [1.82, 2.24) is 10.6 Å². The van der Waals surface area contributed by atoms with E-state index in [0.717, 1.165) is 19.2 Å². The number of amides is 2. The van der Waals surface area contributed by atoms with Gasteiger partial charge in [-0.1, -0.05) is 6.42 Å². The molecular weight excluding hydrogens is 309 g/mol. The lowest BCUT2D eigenvalue weighted by atomic mass is 9.77. The van der Waals surface area contributed by atoms with Gasteiger partial charge in [-0.25, -0.2) is 0 Å². The monoisotopic (exact) mass is 339 g/mol. The summed E-state index contributed by atoms with van der Waals surface area (Å²) in [7, 11) is -0.242. The first-order valence-electron chi connectivity index (χ1n) is 8.65. The quantitative estimate of drug-likeness (QED) is 0.610. The van der Waals surface area contributed by atoms with Crippen LogP contribution in [0.25, 0.3) is 0 Å². The maximum absolute atomic E-state index is 12.0. The van der Waals surface area contributed by atoms with Gasteiger partial charge in [-0.05, 0) is 40.4 Å². The lowest BCUT2D eigenvalue weighted by Crippen LogP contribution is -2.62. The fraction of sp³-hybridized carbons (Fsp3) is 0.875. The molecule has 0 saturated carbocycles. The number of nitrogens with two attached hydrogens (primary N) is 1. The van der Waals surface area contributed by atoms with E-state index >= 15 is 0 Å². The Morgan fingerprint density at radius 3 is 2.33 bits per heavy atom. The first-order valence-corrected chi connectivity index (χ1v) is 8.65. The van der Waals surface area contributed by atoms with Crippen molar-refractivity contribution in [2.45, 2.75) is 70.5 Å². The zero-order chi connectivity index (χ0) is 18.2. The Morgan fingerprint density at radius 1 is 1.25 bits per heavy atom. The van der Waals surface area contributed by atoms with Crippen LogP contribution in [-0.2, 0) is 18.9 Å². The minimum atomic E-state index is -0.998. The van der Waals surface area contributed by atoms with Crippen molar-refractivity contribution >= 4 is 18.9 Å². The van der Waals surface area contributed by atoms with Crippen LogP contribution < -0.4 is 16.4 Å². The van der Waals surface area contributed by atoms with Gasteiger partial charge in [-0.2, -0.15) is 0 Å². The molecule has 24 heavy (non-hydrogen) atoms. The van der Waals surface area contributed by atoms with Gasteiger partial charge >= 0.3 is 7.12 Å². The lowest BCUT2D eigenvalue weighted by Gasteiger charge is -2.32. The zero-order valence-corrected chi connectivity index (χ0v) is 15.4. The highest BCUT2D eigenvalue weighted by Gasteiger charge is 2.51. The molecule has 136 valence electrons. The van der Waals surface area contributed by atoms with Crippen LogP contribution in [0.1, 0.15) is 47.5 Å². The Hall–Kier alpha value is -1.12. The molecule has 2 aliphatic heterocycles. The van der Waals surface area contributed by atoms with Crippen LogP contribution in [0.2, 0.25) is 6.32 Å². The molecule has 1 unspecified atom stereocenters. The predicted octanol–water partition coefficient (Wildman–Crippen LogP) is 0.438. The second-order valence-electron chi connectivity index (χ2n) is 7.96. The molecule has 0 bridgehead atoms. The van der Waals surface area contributed by atoms with Gasteiger partial charge in [0.05, 0.1) is 11.2 Å². The summed E-state index contributed by atoms with van der Waals surface area (Å²) in [5, 5.41) is 5.95. The number of primary amides is 1. The maximum atomic E-state index is 12.0. The fourth-order valence-corrected chi connectivity index (χ4v) is 3.53. The Balaban J connectivity index is 1.92. The molecule has 2 amide bonds. The van der Waals surface area contributed by atoms with Crippen molar-refractivity contribution in [2.75, 3.05) is 13.1 Å². The summed E-state index contributed by atoms with van der Waals surface area (Å²) in [5.41, 5.74) is 3.93. The zero-order valence-electron chi connectivity index (χ0n) is 15.4. The fourth-order valence-electron chi connectivity index (χ4n) is 3.53. The summed E-state index contributed by atoms with van der Waals surface area (Å²) in [5.74, 6) is -0.752. The van der Waals surface area contributed by atoms with Gasteiger partial charge in [0.25, 0.3) is 0 Å². The topological polar surface area (TPSA) is 103 Å². The van der Waals surface area contributed by atoms with Crippen LogP contribution in [0.15, 0.2) is 0 Å². The van der Waals surface area contributed by atoms with E-state index in [9.17, 15) is 9.59 Å². The van der Waals surface area contributed by atoms with Crippen LogP contribution in [-0.4, -0.2) is 48.8 Å². The van der Waals surface area contributed by atoms with E-state index in [1.807, 2.05) is 27.7 Å². The Labute approximate surface area is 144 Å². The molecule has 0 radical (unpaired) electrons. The summed E-state index contributed by atoms with van der Waals surface area (Å²) in [6.45, 7) is 10.6. The van der Waals surface area contributed by atoms with Crippen LogP contribution in [0, 0.1) is 5.92 Å². The molecule has 0 aliphatic carbocycles. The van der Waals surface area contributed by atoms with E-state index in [0.29, 0.717) is 13.1 Å². The molecule has 7 nitrogen and oxygen atoms in total. The molecule has 0 aromatic rings. The van der Waals surface area contributed by atoms with Gasteiger partial charge in [-0.3, -0.25) is 9.59 Å². The molecular formula is C16H30BN3O4. The van der Waals surface area contributed by atoms with Crippen molar-refractivity contribution in [2.24, 2.45) is 11.7 Å². The third-order valence-electron chi connectivity index (χ3n) is 5.62. The lowest BCUT2D eigenvalue weighted by molar-refractivity contribution is -0.131. The van der Waals surface area contributed by atoms with E-state index in [4.69, 9.17) is 15.0 Å². The molecule has 0 aromatic carbocycles. The van der Waals surface area contributed by atoms with Crippen LogP contribution in [0.3, 0.4) is 0 Å². The number of carbonyl (C=O) groups is 2. The van der Waals surface area contributed by atoms with Crippen molar-refractivity contribution in [3.63, 3.8) is 0 Å². The summed E-state index contributed by atoms with van der Waals surface area (Å²) in [6.07, 6.45) is 2.34. The second-order valence-corrected chi connectivity index (χ2v) is 7.96. The average Bonchev–Trinajstić information content (AvgIpc) is 2.89. The summed E-state index contributed by atoms with van der Waals surface area (Å²) in [6, 6.07) is 0. The van der Waals surface area contributed by atoms with Gasteiger partial charge in [0.15, 0.2) is 0 Å². The number of hydrogen-bond acceptors (Lipinski definition) is 5.